The van der Waals surface area contributed by atoms with E-state index >= 15 is 0 Å². The molecule has 0 bridgehead atoms. The number of nitrogens with zero attached hydrogens (tertiary/aromatic N) is 4. The molecule has 5 heteroatoms. The van der Waals surface area contributed by atoms with Crippen molar-refractivity contribution in [3.63, 3.8) is 0 Å². The molecule has 23 heavy (non-hydrogen) atoms. The van der Waals surface area contributed by atoms with E-state index < -0.39 is 0 Å². The van der Waals surface area contributed by atoms with E-state index in [-0.39, 0.29) is 5.25 Å². The quantitative estimate of drug-likeness (QED) is 0.717. The highest BCUT2D eigenvalue weighted by Gasteiger charge is 2.26. The standard InChI is InChI=1S/C18H16N4S/c1-12-8-6-7-11-15(12)17-19-20-18-22(17)21-16(13(2)23-18)14-9-4-3-5-10-14/h3-11,13H,1-2H3/t13-/m0/s1. The molecule has 2 heterocycles. The molecule has 0 radical (unpaired) electrons. The monoisotopic (exact) mass is 320 g/mol. The van der Waals surface area contributed by atoms with E-state index in [1.165, 1.54) is 5.56 Å². The van der Waals surface area contributed by atoms with Gasteiger partial charge in [-0.25, -0.2) is 0 Å². The Hall–Kier alpha value is -2.40. The molecule has 4 nitrogen and oxygen atoms in total. The number of rotatable bonds is 2. The first kappa shape index (κ1) is 14.2. The minimum atomic E-state index is 0.249. The molecule has 0 fully saturated rings. The van der Waals surface area contributed by atoms with Crippen molar-refractivity contribution in [2.24, 2.45) is 5.10 Å². The van der Waals surface area contributed by atoms with Gasteiger partial charge in [-0.3, -0.25) is 0 Å². The van der Waals surface area contributed by atoms with Crippen LogP contribution in [0, 0.1) is 6.92 Å². The Bertz CT molecular complexity index is 883. The molecule has 0 amide bonds. The van der Waals surface area contributed by atoms with E-state index in [0.717, 1.165) is 27.8 Å². The molecular weight excluding hydrogens is 304 g/mol. The second-order valence-electron chi connectivity index (χ2n) is 5.54. The molecule has 0 unspecified atom stereocenters. The predicted molar refractivity (Wildman–Crippen MR) is 93.9 cm³/mol. The Balaban J connectivity index is 1.87. The van der Waals surface area contributed by atoms with Gasteiger partial charge in [-0.1, -0.05) is 66.4 Å². The number of hydrogen-bond donors (Lipinski definition) is 0. The van der Waals surface area contributed by atoms with E-state index in [4.69, 9.17) is 5.10 Å². The first-order valence-corrected chi connectivity index (χ1v) is 8.44. The van der Waals surface area contributed by atoms with E-state index in [9.17, 15) is 0 Å². The summed E-state index contributed by atoms with van der Waals surface area (Å²) in [6.07, 6.45) is 0. The van der Waals surface area contributed by atoms with Crippen LogP contribution in [0.15, 0.2) is 64.9 Å². The molecule has 2 aromatic carbocycles. The molecule has 4 rings (SSSR count). The van der Waals surface area contributed by atoms with Crippen molar-refractivity contribution < 1.29 is 0 Å². The van der Waals surface area contributed by atoms with Gasteiger partial charge >= 0.3 is 0 Å². The van der Waals surface area contributed by atoms with E-state index in [0.29, 0.717) is 0 Å². The summed E-state index contributed by atoms with van der Waals surface area (Å²) in [4.78, 5) is 0. The van der Waals surface area contributed by atoms with E-state index in [2.05, 4.69) is 48.3 Å². The fourth-order valence-electron chi connectivity index (χ4n) is 2.73. The van der Waals surface area contributed by atoms with Crippen molar-refractivity contribution in [3.05, 3.63) is 65.7 Å². The predicted octanol–water partition coefficient (Wildman–Crippen LogP) is 4.00. The summed E-state index contributed by atoms with van der Waals surface area (Å²) in [7, 11) is 0. The minimum Gasteiger partial charge on any atom is -0.186 e. The number of fused-ring (bicyclic) bond motifs is 1. The second-order valence-corrected chi connectivity index (χ2v) is 6.85. The van der Waals surface area contributed by atoms with Crippen LogP contribution in [0.4, 0.5) is 0 Å². The fraction of sp³-hybridized carbons (Fsp3) is 0.167. The molecule has 0 N–H and O–H groups in total. The summed E-state index contributed by atoms with van der Waals surface area (Å²) in [6, 6.07) is 18.5. The molecule has 1 aliphatic rings. The van der Waals surface area contributed by atoms with Gasteiger partial charge < -0.3 is 0 Å². The summed E-state index contributed by atoms with van der Waals surface area (Å²) < 4.78 is 1.87. The summed E-state index contributed by atoms with van der Waals surface area (Å²) in [5.74, 6) is 0.797. The SMILES string of the molecule is Cc1ccccc1-c1nnc2n1N=C(c1ccccc1)[C@H](C)S2. The third-order valence-corrected chi connectivity index (χ3v) is 4.98. The van der Waals surface area contributed by atoms with Crippen LogP contribution in [0.1, 0.15) is 18.1 Å². The van der Waals surface area contributed by atoms with Crippen molar-refractivity contribution in [1.82, 2.24) is 14.9 Å². The number of hydrogen-bond acceptors (Lipinski definition) is 4. The number of aryl methyl sites for hydroxylation is 1. The smallest absolute Gasteiger partial charge is 0.186 e. The van der Waals surface area contributed by atoms with Crippen LogP contribution >= 0.6 is 11.8 Å². The summed E-state index contributed by atoms with van der Waals surface area (Å²) >= 11 is 1.69. The number of aromatic nitrogens is 3. The Morgan fingerprint density at radius 1 is 0.957 bits per heavy atom. The lowest BCUT2D eigenvalue weighted by Crippen LogP contribution is -2.21. The third kappa shape index (κ3) is 2.47. The lowest BCUT2D eigenvalue weighted by atomic mass is 10.1. The second kappa shape index (κ2) is 5.66. The Kier molecular flexibility index (Phi) is 3.50. The van der Waals surface area contributed by atoms with Crippen LogP contribution in [-0.2, 0) is 0 Å². The first-order chi connectivity index (χ1) is 11.2. The Morgan fingerprint density at radius 2 is 1.70 bits per heavy atom. The van der Waals surface area contributed by atoms with Crippen LogP contribution in [0.25, 0.3) is 11.4 Å². The van der Waals surface area contributed by atoms with Gasteiger partial charge in [0, 0.05) is 5.56 Å². The molecule has 3 aromatic rings. The zero-order valence-electron chi connectivity index (χ0n) is 13.0. The maximum absolute atomic E-state index is 4.86. The van der Waals surface area contributed by atoms with Crippen molar-refractivity contribution in [1.29, 1.82) is 0 Å². The van der Waals surface area contributed by atoms with Crippen LogP contribution < -0.4 is 0 Å². The van der Waals surface area contributed by atoms with Crippen LogP contribution in [0.3, 0.4) is 0 Å². The fourth-order valence-corrected chi connectivity index (χ4v) is 3.65. The van der Waals surface area contributed by atoms with Gasteiger partial charge in [-0.2, -0.15) is 9.78 Å². The molecule has 0 saturated carbocycles. The third-order valence-electron chi connectivity index (χ3n) is 3.94. The zero-order valence-corrected chi connectivity index (χ0v) is 13.8. The average Bonchev–Trinajstić information content (AvgIpc) is 2.98. The van der Waals surface area contributed by atoms with Crippen LogP contribution in [0.5, 0.6) is 0 Å². The minimum absolute atomic E-state index is 0.249. The largest absolute Gasteiger partial charge is 0.213 e. The van der Waals surface area contributed by atoms with Gasteiger partial charge in [0.2, 0.25) is 5.16 Å². The van der Waals surface area contributed by atoms with Crippen molar-refractivity contribution in [3.8, 4) is 11.4 Å². The number of thioether (sulfide) groups is 1. The summed E-state index contributed by atoms with van der Waals surface area (Å²) in [6.45, 7) is 4.24. The lowest BCUT2D eigenvalue weighted by Gasteiger charge is -2.20. The molecule has 1 atom stereocenters. The first-order valence-electron chi connectivity index (χ1n) is 7.56. The molecule has 114 valence electrons. The molecule has 1 aromatic heterocycles. The maximum atomic E-state index is 4.86. The van der Waals surface area contributed by atoms with Gasteiger partial charge in [0.25, 0.3) is 0 Å². The Morgan fingerprint density at radius 3 is 2.48 bits per heavy atom. The molecule has 0 spiro atoms. The van der Waals surface area contributed by atoms with Gasteiger partial charge in [-0.15, -0.1) is 10.2 Å². The molecule has 0 saturated heterocycles. The number of benzene rings is 2. The van der Waals surface area contributed by atoms with Gasteiger partial charge in [-0.05, 0) is 25.0 Å². The van der Waals surface area contributed by atoms with Crippen LogP contribution in [-0.4, -0.2) is 25.8 Å². The van der Waals surface area contributed by atoms with E-state index in [1.807, 2.05) is 35.0 Å². The highest BCUT2D eigenvalue weighted by atomic mass is 32.2. The van der Waals surface area contributed by atoms with E-state index in [1.54, 1.807) is 11.8 Å². The highest BCUT2D eigenvalue weighted by Crippen LogP contribution is 2.33. The highest BCUT2D eigenvalue weighted by molar-refractivity contribution is 8.00. The molecule has 0 aliphatic carbocycles. The summed E-state index contributed by atoms with van der Waals surface area (Å²) in [5, 5.41) is 14.7. The van der Waals surface area contributed by atoms with Gasteiger partial charge in [0.1, 0.15) is 0 Å². The molecular formula is C18H16N4S. The van der Waals surface area contributed by atoms with Crippen molar-refractivity contribution in [2.75, 3.05) is 0 Å². The zero-order chi connectivity index (χ0) is 15.8. The maximum Gasteiger partial charge on any atom is 0.213 e. The summed E-state index contributed by atoms with van der Waals surface area (Å²) in [5.41, 5.74) is 4.43. The van der Waals surface area contributed by atoms with Crippen LogP contribution in [0.2, 0.25) is 0 Å². The normalized spacial score (nSPS) is 16.8. The van der Waals surface area contributed by atoms with Crippen molar-refractivity contribution >= 4 is 17.5 Å². The Labute approximate surface area is 139 Å². The van der Waals surface area contributed by atoms with Crippen molar-refractivity contribution in [2.45, 2.75) is 24.3 Å². The van der Waals surface area contributed by atoms with Gasteiger partial charge in [0.05, 0.1) is 11.0 Å². The molecule has 1 aliphatic heterocycles. The topological polar surface area (TPSA) is 43.1 Å². The van der Waals surface area contributed by atoms with Gasteiger partial charge in [0.15, 0.2) is 5.82 Å². The average molecular weight is 320 g/mol. The lowest BCUT2D eigenvalue weighted by molar-refractivity contribution is 0.754.